The minimum absolute atomic E-state index is 0. The van der Waals surface area contributed by atoms with Crippen molar-refractivity contribution in [1.29, 1.82) is 0 Å². The van der Waals surface area contributed by atoms with Gasteiger partial charge in [-0.3, -0.25) is 0 Å². The Hall–Kier alpha value is 0.390. The molecule has 1 aromatic rings. The van der Waals surface area contributed by atoms with Gasteiger partial charge in [-0.2, -0.15) is 0 Å². The van der Waals surface area contributed by atoms with E-state index >= 15 is 0 Å². The summed E-state index contributed by atoms with van der Waals surface area (Å²) in [6.07, 6.45) is 0. The molecule has 0 aliphatic rings. The molecule has 0 aliphatic carbocycles. The number of rotatable bonds is 1. The van der Waals surface area contributed by atoms with Crippen molar-refractivity contribution in [3.8, 4) is 0 Å². The monoisotopic (exact) mass is 211 g/mol. The molecule has 0 unspecified atom stereocenters. The van der Waals surface area contributed by atoms with E-state index in [1.165, 1.54) is 12.1 Å². The first kappa shape index (κ1) is 12.4. The molecule has 0 bridgehead atoms. The zero-order valence-electron chi connectivity index (χ0n) is 6.65. The van der Waals surface area contributed by atoms with Gasteiger partial charge in [0.25, 0.3) is 0 Å². The molecular formula is C7H7CaO3S+. The molecule has 0 saturated carbocycles. The SMILES string of the molecule is Cc1ccc(S(=O)(=O)[O-])cc1.[Ca+2]. The third-order valence-electron chi connectivity index (χ3n) is 1.31. The summed E-state index contributed by atoms with van der Waals surface area (Å²) in [7, 11) is -4.27. The predicted octanol–water partition coefficient (Wildman–Crippen LogP) is 0.518. The van der Waals surface area contributed by atoms with Crippen LogP contribution in [-0.2, 0) is 10.1 Å². The second-order valence-corrected chi connectivity index (χ2v) is 3.65. The minimum Gasteiger partial charge on any atom is -0.744 e. The summed E-state index contributed by atoms with van der Waals surface area (Å²) >= 11 is 0. The van der Waals surface area contributed by atoms with E-state index in [0.29, 0.717) is 0 Å². The fraction of sp³-hybridized carbons (Fsp3) is 0.143. The molecule has 0 heterocycles. The van der Waals surface area contributed by atoms with Crippen molar-refractivity contribution in [2.24, 2.45) is 0 Å². The average Bonchev–Trinajstić information content (AvgIpc) is 1.86. The molecule has 0 fully saturated rings. The van der Waals surface area contributed by atoms with Crippen molar-refractivity contribution in [3.63, 3.8) is 0 Å². The summed E-state index contributed by atoms with van der Waals surface area (Å²) in [6, 6.07) is 5.78. The molecule has 0 spiro atoms. The summed E-state index contributed by atoms with van der Waals surface area (Å²) in [4.78, 5) is -0.178. The van der Waals surface area contributed by atoms with Crippen LogP contribution in [0.2, 0.25) is 0 Å². The molecule has 0 amide bonds. The van der Waals surface area contributed by atoms with E-state index in [9.17, 15) is 13.0 Å². The molecular weight excluding hydrogens is 204 g/mol. The smallest absolute Gasteiger partial charge is 0.744 e. The molecule has 0 atom stereocenters. The van der Waals surface area contributed by atoms with Crippen molar-refractivity contribution >= 4 is 47.9 Å². The van der Waals surface area contributed by atoms with Gasteiger partial charge in [0.1, 0.15) is 10.1 Å². The molecule has 1 rings (SSSR count). The Bertz CT molecular complexity index is 341. The zero-order valence-corrected chi connectivity index (χ0v) is 9.67. The molecule has 0 saturated heterocycles. The number of benzene rings is 1. The maximum atomic E-state index is 10.4. The Morgan fingerprint density at radius 1 is 1.17 bits per heavy atom. The number of hydrogen-bond acceptors (Lipinski definition) is 3. The van der Waals surface area contributed by atoms with E-state index in [-0.39, 0.29) is 42.6 Å². The normalized spacial score (nSPS) is 10.5. The molecule has 5 heteroatoms. The summed E-state index contributed by atoms with van der Waals surface area (Å²) < 4.78 is 31.2. The van der Waals surface area contributed by atoms with Crippen LogP contribution in [0.3, 0.4) is 0 Å². The zero-order chi connectivity index (χ0) is 8.48. The van der Waals surface area contributed by atoms with Crippen LogP contribution in [0.1, 0.15) is 5.56 Å². The Balaban J connectivity index is 0.00000121. The quantitative estimate of drug-likeness (QED) is 0.502. The molecule has 12 heavy (non-hydrogen) atoms. The first-order chi connectivity index (χ1) is 5.00. The Labute approximate surface area is 102 Å². The van der Waals surface area contributed by atoms with E-state index in [1.54, 1.807) is 12.1 Å². The Kier molecular flexibility index (Phi) is 4.73. The summed E-state index contributed by atoms with van der Waals surface area (Å²) in [5, 5.41) is 0. The second kappa shape index (κ2) is 4.58. The van der Waals surface area contributed by atoms with Gasteiger partial charge < -0.3 is 4.55 Å². The molecule has 0 radical (unpaired) electrons. The number of aryl methyl sites for hydroxylation is 1. The van der Waals surface area contributed by atoms with Crippen LogP contribution in [0.25, 0.3) is 0 Å². The molecule has 1 aromatic carbocycles. The van der Waals surface area contributed by atoms with Gasteiger partial charge in [0.2, 0.25) is 0 Å². The van der Waals surface area contributed by atoms with E-state index in [1.807, 2.05) is 6.92 Å². The van der Waals surface area contributed by atoms with Crippen LogP contribution < -0.4 is 0 Å². The van der Waals surface area contributed by atoms with Crippen LogP contribution in [0.5, 0.6) is 0 Å². The van der Waals surface area contributed by atoms with Gasteiger partial charge >= 0.3 is 37.7 Å². The topological polar surface area (TPSA) is 57.2 Å². The van der Waals surface area contributed by atoms with Crippen LogP contribution in [0.4, 0.5) is 0 Å². The van der Waals surface area contributed by atoms with Crippen molar-refractivity contribution < 1.29 is 13.0 Å². The van der Waals surface area contributed by atoms with Crippen molar-refractivity contribution in [3.05, 3.63) is 29.8 Å². The van der Waals surface area contributed by atoms with Gasteiger partial charge in [-0.05, 0) is 19.1 Å². The maximum Gasteiger partial charge on any atom is 2.00 e. The Morgan fingerprint density at radius 3 is 1.92 bits per heavy atom. The third-order valence-corrected chi connectivity index (χ3v) is 2.16. The molecule has 60 valence electrons. The first-order valence-corrected chi connectivity index (χ1v) is 4.43. The van der Waals surface area contributed by atoms with Gasteiger partial charge in [-0.1, -0.05) is 17.7 Å². The first-order valence-electron chi connectivity index (χ1n) is 3.03. The standard InChI is InChI=1S/C7H8O3S.Ca/c1-6-2-4-7(5-3-6)11(8,9)10;/h2-5H,1H3,(H,8,9,10);/q;+2/p-1. The summed E-state index contributed by atoms with van der Waals surface area (Å²) in [5.41, 5.74) is 0.928. The predicted molar refractivity (Wildman–Crippen MR) is 44.9 cm³/mol. The molecule has 0 N–H and O–H groups in total. The van der Waals surface area contributed by atoms with Gasteiger partial charge in [0.15, 0.2) is 0 Å². The van der Waals surface area contributed by atoms with Crippen molar-refractivity contribution in [2.45, 2.75) is 11.8 Å². The van der Waals surface area contributed by atoms with E-state index in [0.717, 1.165) is 5.56 Å². The fourth-order valence-electron chi connectivity index (χ4n) is 0.705. The second-order valence-electron chi connectivity index (χ2n) is 2.27. The molecule has 3 nitrogen and oxygen atoms in total. The van der Waals surface area contributed by atoms with Gasteiger partial charge in [0, 0.05) is 0 Å². The average molecular weight is 211 g/mol. The van der Waals surface area contributed by atoms with Crippen LogP contribution >= 0.6 is 0 Å². The minimum atomic E-state index is -4.27. The molecule has 0 aromatic heterocycles. The van der Waals surface area contributed by atoms with Crippen molar-refractivity contribution in [2.75, 3.05) is 0 Å². The van der Waals surface area contributed by atoms with Crippen LogP contribution in [0, 0.1) is 6.92 Å². The van der Waals surface area contributed by atoms with Crippen LogP contribution in [-0.4, -0.2) is 50.7 Å². The third kappa shape index (κ3) is 3.41. The molecule has 0 aliphatic heterocycles. The van der Waals surface area contributed by atoms with E-state index in [4.69, 9.17) is 0 Å². The fourth-order valence-corrected chi connectivity index (χ4v) is 1.17. The van der Waals surface area contributed by atoms with E-state index in [2.05, 4.69) is 0 Å². The van der Waals surface area contributed by atoms with Crippen LogP contribution in [0.15, 0.2) is 29.2 Å². The Morgan fingerprint density at radius 2 is 1.58 bits per heavy atom. The van der Waals surface area contributed by atoms with Gasteiger partial charge in [-0.15, -0.1) is 0 Å². The largest absolute Gasteiger partial charge is 2.00 e. The number of hydrogen-bond donors (Lipinski definition) is 0. The maximum absolute atomic E-state index is 10.4. The van der Waals surface area contributed by atoms with E-state index < -0.39 is 10.1 Å². The summed E-state index contributed by atoms with van der Waals surface area (Å²) in [6.45, 7) is 1.82. The summed E-state index contributed by atoms with van der Waals surface area (Å²) in [5.74, 6) is 0. The van der Waals surface area contributed by atoms with Gasteiger partial charge in [0.05, 0.1) is 4.90 Å². The van der Waals surface area contributed by atoms with Gasteiger partial charge in [-0.25, -0.2) is 8.42 Å². The van der Waals surface area contributed by atoms with Crippen molar-refractivity contribution in [1.82, 2.24) is 0 Å².